The average molecular weight is 218 g/mol. The third-order valence-electron chi connectivity index (χ3n) is 2.05. The van der Waals surface area contributed by atoms with Gasteiger partial charge in [-0.3, -0.25) is 4.79 Å². The van der Waals surface area contributed by atoms with E-state index in [1.54, 1.807) is 0 Å². The molecule has 5 nitrogen and oxygen atoms in total. The van der Waals surface area contributed by atoms with Crippen LogP contribution >= 0.6 is 0 Å². The Kier molecular flexibility index (Phi) is 9.46. The van der Waals surface area contributed by atoms with Gasteiger partial charge in [0, 0.05) is 19.1 Å². The maximum absolute atomic E-state index is 11.4. The molecule has 0 saturated carbocycles. The Labute approximate surface area is 91.0 Å². The van der Waals surface area contributed by atoms with E-state index in [-0.39, 0.29) is 18.4 Å². The van der Waals surface area contributed by atoms with Crippen LogP contribution in [0.2, 0.25) is 0 Å². The van der Waals surface area contributed by atoms with Crippen LogP contribution in [0.5, 0.6) is 0 Å². The molecule has 1 unspecified atom stereocenters. The number of aliphatic hydroxyl groups excluding tert-OH is 1. The standard InChI is InChI=1S/C10H22N2O3/c1-9(3-4-11)10(14)12-5-2-7-15-8-6-13/h9,13H,2-8,11H2,1H3,(H,12,14). The number of amides is 1. The summed E-state index contributed by atoms with van der Waals surface area (Å²) in [7, 11) is 0. The van der Waals surface area contributed by atoms with Gasteiger partial charge in [-0.15, -0.1) is 0 Å². The van der Waals surface area contributed by atoms with E-state index in [4.69, 9.17) is 15.6 Å². The van der Waals surface area contributed by atoms with Crippen molar-refractivity contribution in [1.29, 1.82) is 0 Å². The maximum atomic E-state index is 11.4. The average Bonchev–Trinajstić information content (AvgIpc) is 2.23. The van der Waals surface area contributed by atoms with Crippen molar-refractivity contribution in [3.05, 3.63) is 0 Å². The molecule has 0 rings (SSSR count). The van der Waals surface area contributed by atoms with E-state index in [2.05, 4.69) is 5.32 Å². The summed E-state index contributed by atoms with van der Waals surface area (Å²) < 4.78 is 5.05. The third kappa shape index (κ3) is 8.35. The SMILES string of the molecule is CC(CCN)C(=O)NCCCOCCO. The maximum Gasteiger partial charge on any atom is 0.222 e. The highest BCUT2D eigenvalue weighted by Crippen LogP contribution is 1.99. The molecular formula is C10H22N2O3. The number of carbonyl (C=O) groups is 1. The Bertz CT molecular complexity index is 165. The van der Waals surface area contributed by atoms with Gasteiger partial charge in [0.1, 0.15) is 0 Å². The Morgan fingerprint density at radius 2 is 2.27 bits per heavy atom. The Balaban J connectivity index is 3.30. The fourth-order valence-electron chi connectivity index (χ4n) is 1.11. The van der Waals surface area contributed by atoms with Crippen LogP contribution in [0.25, 0.3) is 0 Å². The first-order valence-corrected chi connectivity index (χ1v) is 5.38. The van der Waals surface area contributed by atoms with Gasteiger partial charge in [0.05, 0.1) is 13.2 Å². The highest BCUT2D eigenvalue weighted by Gasteiger charge is 2.10. The molecule has 0 aromatic rings. The summed E-state index contributed by atoms with van der Waals surface area (Å²) in [4.78, 5) is 11.4. The number of nitrogens with one attached hydrogen (secondary N) is 1. The molecule has 0 aliphatic carbocycles. The minimum absolute atomic E-state index is 0.0200. The second-order valence-corrected chi connectivity index (χ2v) is 3.46. The van der Waals surface area contributed by atoms with Crippen LogP contribution in [-0.4, -0.2) is 43.9 Å². The molecule has 1 amide bonds. The topological polar surface area (TPSA) is 84.6 Å². The second-order valence-electron chi connectivity index (χ2n) is 3.46. The monoisotopic (exact) mass is 218 g/mol. The fourth-order valence-corrected chi connectivity index (χ4v) is 1.11. The molecule has 4 N–H and O–H groups in total. The summed E-state index contributed by atoms with van der Waals surface area (Å²) in [5.74, 6) is 0.0240. The number of hydrogen-bond donors (Lipinski definition) is 3. The predicted octanol–water partition coefficient (Wildman–Crippen LogP) is -0.513. The van der Waals surface area contributed by atoms with E-state index in [1.807, 2.05) is 6.92 Å². The van der Waals surface area contributed by atoms with Crippen LogP contribution in [0, 0.1) is 5.92 Å². The van der Waals surface area contributed by atoms with Crippen LogP contribution in [0.4, 0.5) is 0 Å². The van der Waals surface area contributed by atoms with Crippen LogP contribution < -0.4 is 11.1 Å². The van der Waals surface area contributed by atoms with Crippen LogP contribution in [0.3, 0.4) is 0 Å². The molecule has 0 spiro atoms. The zero-order valence-electron chi connectivity index (χ0n) is 9.37. The zero-order valence-corrected chi connectivity index (χ0v) is 9.37. The smallest absolute Gasteiger partial charge is 0.222 e. The van der Waals surface area contributed by atoms with Crippen molar-refractivity contribution in [1.82, 2.24) is 5.32 Å². The highest BCUT2D eigenvalue weighted by molar-refractivity contribution is 5.78. The van der Waals surface area contributed by atoms with Gasteiger partial charge in [0.25, 0.3) is 0 Å². The minimum atomic E-state index is -0.0200. The van der Waals surface area contributed by atoms with Crippen molar-refractivity contribution in [2.24, 2.45) is 11.7 Å². The van der Waals surface area contributed by atoms with E-state index in [1.165, 1.54) is 0 Å². The van der Waals surface area contributed by atoms with Crippen molar-refractivity contribution >= 4 is 5.91 Å². The minimum Gasteiger partial charge on any atom is -0.394 e. The molecule has 0 aromatic carbocycles. The fraction of sp³-hybridized carbons (Fsp3) is 0.900. The molecule has 5 heteroatoms. The van der Waals surface area contributed by atoms with E-state index in [0.717, 1.165) is 6.42 Å². The molecule has 15 heavy (non-hydrogen) atoms. The van der Waals surface area contributed by atoms with E-state index in [0.29, 0.717) is 32.7 Å². The van der Waals surface area contributed by atoms with Crippen molar-refractivity contribution in [3.63, 3.8) is 0 Å². The first kappa shape index (κ1) is 14.3. The van der Waals surface area contributed by atoms with Gasteiger partial charge in [0.2, 0.25) is 5.91 Å². The summed E-state index contributed by atoms with van der Waals surface area (Å²) in [5, 5.41) is 11.2. The molecule has 0 heterocycles. The number of hydrogen-bond acceptors (Lipinski definition) is 4. The van der Waals surface area contributed by atoms with Crippen LogP contribution in [-0.2, 0) is 9.53 Å². The summed E-state index contributed by atoms with van der Waals surface area (Å²) in [6.45, 7) is 3.97. The number of rotatable bonds is 9. The Morgan fingerprint density at radius 3 is 2.87 bits per heavy atom. The lowest BCUT2D eigenvalue weighted by Gasteiger charge is -2.10. The normalized spacial score (nSPS) is 12.5. The molecule has 0 aromatic heterocycles. The molecule has 0 fully saturated rings. The first-order chi connectivity index (χ1) is 7.22. The van der Waals surface area contributed by atoms with Gasteiger partial charge in [-0.1, -0.05) is 6.92 Å². The van der Waals surface area contributed by atoms with Gasteiger partial charge in [0.15, 0.2) is 0 Å². The molecule has 0 aliphatic rings. The quantitative estimate of drug-likeness (QED) is 0.455. The van der Waals surface area contributed by atoms with Gasteiger partial charge in [-0.25, -0.2) is 0 Å². The van der Waals surface area contributed by atoms with E-state index >= 15 is 0 Å². The van der Waals surface area contributed by atoms with Crippen molar-refractivity contribution in [2.75, 3.05) is 32.9 Å². The molecule has 90 valence electrons. The summed E-state index contributed by atoms with van der Waals surface area (Å²) in [6.07, 6.45) is 1.48. The summed E-state index contributed by atoms with van der Waals surface area (Å²) in [6, 6.07) is 0. The second kappa shape index (κ2) is 9.89. The highest BCUT2D eigenvalue weighted by atomic mass is 16.5. The number of nitrogens with two attached hydrogens (primary N) is 1. The van der Waals surface area contributed by atoms with Crippen molar-refractivity contribution in [2.45, 2.75) is 19.8 Å². The van der Waals surface area contributed by atoms with E-state index in [9.17, 15) is 4.79 Å². The Morgan fingerprint density at radius 1 is 1.53 bits per heavy atom. The van der Waals surface area contributed by atoms with Crippen LogP contribution in [0.1, 0.15) is 19.8 Å². The molecule has 0 saturated heterocycles. The van der Waals surface area contributed by atoms with Gasteiger partial charge >= 0.3 is 0 Å². The molecule has 0 radical (unpaired) electrons. The summed E-state index contributed by atoms with van der Waals surface area (Å²) >= 11 is 0. The third-order valence-corrected chi connectivity index (χ3v) is 2.05. The van der Waals surface area contributed by atoms with E-state index < -0.39 is 0 Å². The van der Waals surface area contributed by atoms with Crippen molar-refractivity contribution < 1.29 is 14.6 Å². The molecule has 0 bridgehead atoms. The summed E-state index contributed by atoms with van der Waals surface area (Å²) in [5.41, 5.74) is 5.35. The largest absolute Gasteiger partial charge is 0.394 e. The Hall–Kier alpha value is -0.650. The first-order valence-electron chi connectivity index (χ1n) is 5.38. The lowest BCUT2D eigenvalue weighted by atomic mass is 10.1. The zero-order chi connectivity index (χ0) is 11.5. The van der Waals surface area contributed by atoms with Gasteiger partial charge < -0.3 is 20.9 Å². The van der Waals surface area contributed by atoms with Crippen molar-refractivity contribution in [3.8, 4) is 0 Å². The molecular weight excluding hydrogens is 196 g/mol. The predicted molar refractivity (Wildman–Crippen MR) is 58.4 cm³/mol. The number of ether oxygens (including phenoxy) is 1. The molecule has 1 atom stereocenters. The number of aliphatic hydroxyl groups is 1. The van der Waals surface area contributed by atoms with Gasteiger partial charge in [-0.05, 0) is 19.4 Å². The lowest BCUT2D eigenvalue weighted by Crippen LogP contribution is -2.31. The van der Waals surface area contributed by atoms with Crippen LogP contribution in [0.15, 0.2) is 0 Å². The molecule has 0 aliphatic heterocycles. The number of carbonyl (C=O) groups excluding carboxylic acids is 1. The van der Waals surface area contributed by atoms with Gasteiger partial charge in [-0.2, -0.15) is 0 Å². The lowest BCUT2D eigenvalue weighted by molar-refractivity contribution is -0.124.